The normalized spacial score (nSPS) is 11.2. The van der Waals surface area contributed by atoms with Crippen molar-refractivity contribution in [2.45, 2.75) is 6.92 Å². The number of ether oxygens (including phenoxy) is 2. The van der Waals surface area contributed by atoms with Crippen LogP contribution in [0.1, 0.15) is 12.5 Å². The van der Waals surface area contributed by atoms with Crippen molar-refractivity contribution in [1.82, 2.24) is 14.9 Å². The lowest BCUT2D eigenvalue weighted by Crippen LogP contribution is -1.96. The van der Waals surface area contributed by atoms with Gasteiger partial charge >= 0.3 is 0 Å². The average molecular weight is 404 g/mol. The summed E-state index contributed by atoms with van der Waals surface area (Å²) in [5.41, 5.74) is 1.85. The molecule has 0 atom stereocenters. The minimum absolute atomic E-state index is 0.427. The number of fused-ring (bicyclic) bond motifs is 1. The van der Waals surface area contributed by atoms with Crippen LogP contribution in [0.25, 0.3) is 22.2 Å². The van der Waals surface area contributed by atoms with Gasteiger partial charge in [-0.05, 0) is 77.9 Å². The van der Waals surface area contributed by atoms with Crippen LogP contribution in [-0.4, -0.2) is 34.8 Å². The van der Waals surface area contributed by atoms with Crippen molar-refractivity contribution in [3.05, 3.63) is 71.0 Å². The van der Waals surface area contributed by atoms with Gasteiger partial charge < -0.3 is 9.47 Å². The van der Waals surface area contributed by atoms with E-state index < -0.39 is 0 Å². The number of methoxy groups -OCH3 is 1. The van der Waals surface area contributed by atoms with Gasteiger partial charge in [0.05, 0.1) is 19.9 Å². The van der Waals surface area contributed by atoms with Crippen LogP contribution in [0, 0.1) is 4.77 Å². The lowest BCUT2D eigenvalue weighted by molar-refractivity contribution is 0.340. The lowest BCUT2D eigenvalue weighted by Gasteiger charge is -2.05. The molecule has 6 nitrogen and oxygen atoms in total. The van der Waals surface area contributed by atoms with Crippen molar-refractivity contribution in [1.29, 1.82) is 0 Å². The first-order valence-electron chi connectivity index (χ1n) is 9.21. The summed E-state index contributed by atoms with van der Waals surface area (Å²) in [6, 6.07) is 19.8. The lowest BCUT2D eigenvalue weighted by atomic mass is 10.1. The van der Waals surface area contributed by atoms with Crippen LogP contribution < -0.4 is 9.47 Å². The van der Waals surface area contributed by atoms with Crippen molar-refractivity contribution >= 4 is 29.2 Å². The van der Waals surface area contributed by atoms with E-state index in [0.717, 1.165) is 33.4 Å². The molecule has 146 valence electrons. The van der Waals surface area contributed by atoms with E-state index in [9.17, 15) is 0 Å². The summed E-state index contributed by atoms with van der Waals surface area (Å²) in [7, 11) is 1.67. The molecule has 0 aliphatic rings. The Morgan fingerprint density at radius 1 is 1.03 bits per heavy atom. The van der Waals surface area contributed by atoms with Crippen LogP contribution >= 0.6 is 12.2 Å². The van der Waals surface area contributed by atoms with E-state index in [1.54, 1.807) is 18.0 Å². The first-order valence-corrected chi connectivity index (χ1v) is 9.61. The molecular formula is C22H20N4O2S. The highest BCUT2D eigenvalue weighted by atomic mass is 32.1. The number of nitrogens with zero attached hydrogens (tertiary/aromatic N) is 3. The monoisotopic (exact) mass is 404 g/mol. The van der Waals surface area contributed by atoms with Crippen molar-refractivity contribution in [2.24, 2.45) is 5.10 Å². The molecule has 7 heteroatoms. The van der Waals surface area contributed by atoms with Gasteiger partial charge in [-0.15, -0.1) is 0 Å². The summed E-state index contributed by atoms with van der Waals surface area (Å²) in [5, 5.41) is 13.9. The summed E-state index contributed by atoms with van der Waals surface area (Å²) in [6.45, 7) is 2.58. The SMILES string of the molecule is CCOc1ccc(-c2n[nH]c(=S)n2/N=C\c2ccc3cc(OC)ccc3c2)cc1. The second kappa shape index (κ2) is 8.28. The van der Waals surface area contributed by atoms with E-state index >= 15 is 0 Å². The fourth-order valence-electron chi connectivity index (χ4n) is 3.03. The Kier molecular flexibility index (Phi) is 5.39. The zero-order valence-electron chi connectivity index (χ0n) is 16.1. The Morgan fingerprint density at radius 3 is 2.52 bits per heavy atom. The van der Waals surface area contributed by atoms with Crippen molar-refractivity contribution in [3.63, 3.8) is 0 Å². The Morgan fingerprint density at radius 2 is 1.76 bits per heavy atom. The number of H-pyrrole nitrogens is 1. The maximum Gasteiger partial charge on any atom is 0.216 e. The number of aromatic nitrogens is 3. The highest BCUT2D eigenvalue weighted by Crippen LogP contribution is 2.23. The Bertz CT molecular complexity index is 1230. The molecule has 0 saturated carbocycles. The summed E-state index contributed by atoms with van der Waals surface area (Å²) >= 11 is 5.35. The highest BCUT2D eigenvalue weighted by Gasteiger charge is 2.08. The number of rotatable bonds is 6. The predicted molar refractivity (Wildman–Crippen MR) is 118 cm³/mol. The number of nitrogens with one attached hydrogen (secondary N) is 1. The number of aromatic amines is 1. The maximum atomic E-state index is 5.49. The molecule has 1 N–H and O–H groups in total. The molecule has 1 aromatic heterocycles. The summed E-state index contributed by atoms with van der Waals surface area (Å²) in [6.07, 6.45) is 1.77. The van der Waals surface area contributed by atoms with E-state index in [1.165, 1.54) is 0 Å². The second-order valence-electron chi connectivity index (χ2n) is 6.34. The molecule has 1 heterocycles. The third kappa shape index (κ3) is 4.05. The third-order valence-corrected chi connectivity index (χ3v) is 4.73. The topological polar surface area (TPSA) is 64.4 Å². The van der Waals surface area contributed by atoms with Gasteiger partial charge in [0.1, 0.15) is 11.5 Å². The standard InChI is InChI=1S/C22H20N4O2S/c1-3-28-19-9-6-16(7-10-19)21-24-25-22(29)26(21)23-14-15-4-5-18-13-20(27-2)11-8-17(18)12-15/h4-14H,3H2,1-2H3,(H,25,29)/b23-14-. The van der Waals surface area contributed by atoms with E-state index in [0.29, 0.717) is 17.2 Å². The minimum Gasteiger partial charge on any atom is -0.497 e. The molecule has 0 unspecified atom stereocenters. The second-order valence-corrected chi connectivity index (χ2v) is 6.73. The van der Waals surface area contributed by atoms with E-state index in [4.69, 9.17) is 21.7 Å². The van der Waals surface area contributed by atoms with Crippen LogP contribution in [0.3, 0.4) is 0 Å². The summed E-state index contributed by atoms with van der Waals surface area (Å²) in [5.74, 6) is 2.29. The first kappa shape index (κ1) is 18.9. The molecule has 0 amide bonds. The summed E-state index contributed by atoms with van der Waals surface area (Å²) in [4.78, 5) is 0. The molecule has 29 heavy (non-hydrogen) atoms. The third-order valence-electron chi connectivity index (χ3n) is 4.47. The van der Waals surface area contributed by atoms with Gasteiger partial charge in [0.2, 0.25) is 4.77 Å². The van der Waals surface area contributed by atoms with Gasteiger partial charge in [0.25, 0.3) is 0 Å². The maximum absolute atomic E-state index is 5.49. The number of hydrogen-bond acceptors (Lipinski definition) is 5. The average Bonchev–Trinajstić information content (AvgIpc) is 3.13. The van der Waals surface area contributed by atoms with Gasteiger partial charge in [-0.1, -0.05) is 18.2 Å². The smallest absolute Gasteiger partial charge is 0.216 e. The van der Waals surface area contributed by atoms with Crippen molar-refractivity contribution < 1.29 is 9.47 Å². The zero-order valence-corrected chi connectivity index (χ0v) is 16.9. The van der Waals surface area contributed by atoms with Crippen LogP contribution in [0.4, 0.5) is 0 Å². The summed E-state index contributed by atoms with van der Waals surface area (Å²) < 4.78 is 12.8. The van der Waals surface area contributed by atoms with Gasteiger partial charge in [-0.2, -0.15) is 14.9 Å². The Labute approximate surface area is 173 Å². The number of benzene rings is 3. The van der Waals surface area contributed by atoms with Gasteiger partial charge in [-0.3, -0.25) is 0 Å². The Balaban J connectivity index is 1.64. The van der Waals surface area contributed by atoms with E-state index in [-0.39, 0.29) is 0 Å². The fourth-order valence-corrected chi connectivity index (χ4v) is 3.21. The molecule has 0 bridgehead atoms. The predicted octanol–water partition coefficient (Wildman–Crippen LogP) is 5.05. The van der Waals surface area contributed by atoms with E-state index in [2.05, 4.69) is 21.4 Å². The van der Waals surface area contributed by atoms with Crippen LogP contribution in [-0.2, 0) is 0 Å². The molecule has 4 rings (SSSR count). The Hall–Kier alpha value is -3.45. The molecule has 0 fully saturated rings. The van der Waals surface area contributed by atoms with Gasteiger partial charge in [0, 0.05) is 5.56 Å². The van der Waals surface area contributed by atoms with E-state index in [1.807, 2.05) is 61.5 Å². The quantitative estimate of drug-likeness (QED) is 0.361. The molecule has 0 radical (unpaired) electrons. The first-order chi connectivity index (χ1) is 14.2. The van der Waals surface area contributed by atoms with Crippen molar-refractivity contribution in [3.8, 4) is 22.9 Å². The molecule has 0 saturated heterocycles. The van der Waals surface area contributed by atoms with Gasteiger partial charge in [-0.25, -0.2) is 5.10 Å². The molecule has 3 aromatic carbocycles. The molecule has 0 aliphatic heterocycles. The van der Waals surface area contributed by atoms with Gasteiger partial charge in [0.15, 0.2) is 5.82 Å². The zero-order chi connectivity index (χ0) is 20.2. The van der Waals surface area contributed by atoms with Crippen molar-refractivity contribution in [2.75, 3.05) is 13.7 Å². The minimum atomic E-state index is 0.427. The van der Waals surface area contributed by atoms with Crippen LogP contribution in [0.2, 0.25) is 0 Å². The molecule has 0 spiro atoms. The largest absolute Gasteiger partial charge is 0.497 e. The molecular weight excluding hydrogens is 384 g/mol. The number of hydrogen-bond donors (Lipinski definition) is 1. The molecule has 4 aromatic rings. The van der Waals surface area contributed by atoms with Crippen LogP contribution in [0.15, 0.2) is 65.8 Å². The van der Waals surface area contributed by atoms with Crippen LogP contribution in [0.5, 0.6) is 11.5 Å². The fraction of sp³-hybridized carbons (Fsp3) is 0.136. The highest BCUT2D eigenvalue weighted by molar-refractivity contribution is 7.71. The molecule has 0 aliphatic carbocycles.